The molecule has 0 saturated carbocycles. The zero-order chi connectivity index (χ0) is 14.7. The molecule has 3 nitrogen and oxygen atoms in total. The van der Waals surface area contributed by atoms with Crippen molar-refractivity contribution >= 4 is 34.4 Å². The number of aromatic nitrogens is 1. The van der Waals surface area contributed by atoms with Gasteiger partial charge in [0.15, 0.2) is 0 Å². The Morgan fingerprint density at radius 2 is 2.05 bits per heavy atom. The molecule has 2 aromatic carbocycles. The second-order valence-corrected chi connectivity index (χ2v) is 5.24. The molecule has 0 unspecified atom stereocenters. The Morgan fingerprint density at radius 1 is 1.14 bits per heavy atom. The number of fused-ring (bicyclic) bond motifs is 1. The summed E-state index contributed by atoms with van der Waals surface area (Å²) in [5.74, 6) is 0. The van der Waals surface area contributed by atoms with E-state index >= 15 is 0 Å². The first kappa shape index (κ1) is 13.6. The van der Waals surface area contributed by atoms with E-state index in [2.05, 4.69) is 34.6 Å². The summed E-state index contributed by atoms with van der Waals surface area (Å²) in [6.45, 7) is 2.06. The maximum Gasteiger partial charge on any atom is 0.0738 e. The highest BCUT2D eigenvalue weighted by atomic mass is 35.5. The second-order valence-electron chi connectivity index (χ2n) is 4.80. The van der Waals surface area contributed by atoms with Crippen molar-refractivity contribution in [3.05, 3.63) is 70.9 Å². The number of aryl methyl sites for hydroxylation is 1. The highest BCUT2D eigenvalue weighted by Gasteiger charge is 2.01. The van der Waals surface area contributed by atoms with Crippen molar-refractivity contribution in [2.45, 2.75) is 6.92 Å². The van der Waals surface area contributed by atoms with Gasteiger partial charge in [-0.05, 0) is 36.8 Å². The molecule has 0 saturated heterocycles. The largest absolute Gasteiger partial charge is 0.278 e. The first-order chi connectivity index (χ1) is 10.2. The summed E-state index contributed by atoms with van der Waals surface area (Å²) in [5.41, 5.74) is 7.08. The molecule has 0 radical (unpaired) electrons. The minimum atomic E-state index is 0.676. The van der Waals surface area contributed by atoms with E-state index in [9.17, 15) is 0 Å². The zero-order valence-corrected chi connectivity index (χ0v) is 12.3. The molecule has 0 bridgehead atoms. The first-order valence-electron chi connectivity index (χ1n) is 6.62. The lowest BCUT2D eigenvalue weighted by molar-refractivity contribution is 1.33. The van der Waals surface area contributed by atoms with Gasteiger partial charge in [-0.2, -0.15) is 5.10 Å². The third-order valence-electron chi connectivity index (χ3n) is 3.15. The summed E-state index contributed by atoms with van der Waals surface area (Å²) < 4.78 is 0. The molecular formula is C17H14ClN3. The summed E-state index contributed by atoms with van der Waals surface area (Å²) in [6.07, 6.45) is 3.54. The molecule has 4 heteroatoms. The summed E-state index contributed by atoms with van der Waals surface area (Å²) >= 11 is 5.98. The number of pyridine rings is 1. The number of rotatable bonds is 3. The molecule has 0 spiro atoms. The molecule has 1 heterocycles. The van der Waals surface area contributed by atoms with Crippen LogP contribution in [0.3, 0.4) is 0 Å². The lowest BCUT2D eigenvalue weighted by Gasteiger charge is -2.05. The van der Waals surface area contributed by atoms with Crippen LogP contribution in [-0.2, 0) is 0 Å². The number of anilines is 1. The van der Waals surface area contributed by atoms with Crippen LogP contribution in [0.2, 0.25) is 5.02 Å². The van der Waals surface area contributed by atoms with E-state index in [1.165, 1.54) is 5.56 Å². The molecule has 0 atom stereocenters. The average Bonchev–Trinajstić information content (AvgIpc) is 2.47. The lowest BCUT2D eigenvalue weighted by Crippen LogP contribution is -1.93. The van der Waals surface area contributed by atoms with Crippen molar-refractivity contribution in [3.63, 3.8) is 0 Å². The maximum absolute atomic E-state index is 5.98. The van der Waals surface area contributed by atoms with Crippen molar-refractivity contribution in [3.8, 4) is 0 Å². The fraction of sp³-hybridized carbons (Fsp3) is 0.0588. The topological polar surface area (TPSA) is 37.3 Å². The van der Waals surface area contributed by atoms with Gasteiger partial charge in [-0.1, -0.05) is 41.4 Å². The van der Waals surface area contributed by atoms with Crippen molar-refractivity contribution in [1.29, 1.82) is 0 Å². The summed E-state index contributed by atoms with van der Waals surface area (Å²) in [6, 6.07) is 15.7. The predicted molar refractivity (Wildman–Crippen MR) is 89.1 cm³/mol. The van der Waals surface area contributed by atoms with E-state index in [4.69, 9.17) is 11.6 Å². The Kier molecular flexibility index (Phi) is 3.84. The van der Waals surface area contributed by atoms with Crippen LogP contribution in [0.15, 0.2) is 59.8 Å². The van der Waals surface area contributed by atoms with Crippen molar-refractivity contribution in [2.75, 3.05) is 5.43 Å². The second kappa shape index (κ2) is 5.94. The normalized spacial score (nSPS) is 11.1. The third kappa shape index (κ3) is 3.20. The fourth-order valence-electron chi connectivity index (χ4n) is 2.15. The number of nitrogens with zero attached hydrogens (tertiary/aromatic N) is 2. The Balaban J connectivity index is 1.85. The average molecular weight is 296 g/mol. The van der Waals surface area contributed by atoms with Gasteiger partial charge in [0.2, 0.25) is 0 Å². The number of hydrogen-bond acceptors (Lipinski definition) is 3. The predicted octanol–water partition coefficient (Wildman–Crippen LogP) is 4.64. The molecule has 0 aliphatic rings. The van der Waals surface area contributed by atoms with Crippen LogP contribution in [-0.4, -0.2) is 11.2 Å². The molecule has 3 rings (SSSR count). The fourth-order valence-corrected chi connectivity index (χ4v) is 2.31. The number of benzene rings is 2. The van der Waals surface area contributed by atoms with Crippen molar-refractivity contribution in [1.82, 2.24) is 4.98 Å². The van der Waals surface area contributed by atoms with Gasteiger partial charge >= 0.3 is 0 Å². The quantitative estimate of drug-likeness (QED) is 0.564. The van der Waals surface area contributed by atoms with Gasteiger partial charge < -0.3 is 0 Å². The molecular weight excluding hydrogens is 282 g/mol. The van der Waals surface area contributed by atoms with E-state index in [-0.39, 0.29) is 0 Å². The van der Waals surface area contributed by atoms with Gasteiger partial charge in [-0.3, -0.25) is 10.4 Å². The smallest absolute Gasteiger partial charge is 0.0738 e. The van der Waals surface area contributed by atoms with E-state index in [0.717, 1.165) is 22.2 Å². The monoisotopic (exact) mass is 295 g/mol. The van der Waals surface area contributed by atoms with Crippen LogP contribution in [0.1, 0.15) is 11.1 Å². The molecule has 3 aromatic rings. The summed E-state index contributed by atoms with van der Waals surface area (Å²) in [7, 11) is 0. The lowest BCUT2D eigenvalue weighted by atomic mass is 10.2. The van der Waals surface area contributed by atoms with Crippen LogP contribution in [0.25, 0.3) is 10.9 Å². The van der Waals surface area contributed by atoms with Gasteiger partial charge in [-0.15, -0.1) is 0 Å². The number of halogens is 1. The van der Waals surface area contributed by atoms with Gasteiger partial charge in [0.1, 0.15) is 0 Å². The standard InChI is InChI=1S/C17H14ClN3/c1-12-3-2-4-13(9-12)11-20-21-16-7-8-19-17-10-14(18)5-6-15(16)17/h2-11H,1H3,(H,19,21). The van der Waals surface area contributed by atoms with Crippen LogP contribution in [0.5, 0.6) is 0 Å². The Hall–Kier alpha value is -2.39. The van der Waals surface area contributed by atoms with E-state index in [1.54, 1.807) is 12.4 Å². The van der Waals surface area contributed by atoms with Crippen LogP contribution in [0, 0.1) is 6.92 Å². The molecule has 1 aromatic heterocycles. The van der Waals surface area contributed by atoms with Crippen LogP contribution in [0.4, 0.5) is 5.69 Å². The van der Waals surface area contributed by atoms with Crippen LogP contribution >= 0.6 is 11.6 Å². The molecule has 0 fully saturated rings. The number of hydrazone groups is 1. The van der Waals surface area contributed by atoms with Crippen LogP contribution < -0.4 is 5.43 Å². The van der Waals surface area contributed by atoms with Gasteiger partial charge in [0, 0.05) is 16.6 Å². The molecule has 0 aliphatic carbocycles. The minimum absolute atomic E-state index is 0.676. The minimum Gasteiger partial charge on any atom is -0.278 e. The Morgan fingerprint density at radius 3 is 2.90 bits per heavy atom. The van der Waals surface area contributed by atoms with Crippen molar-refractivity contribution < 1.29 is 0 Å². The Labute approximate surface area is 128 Å². The number of nitrogens with one attached hydrogen (secondary N) is 1. The van der Waals surface area contributed by atoms with Gasteiger partial charge in [0.25, 0.3) is 0 Å². The summed E-state index contributed by atoms with van der Waals surface area (Å²) in [4.78, 5) is 4.30. The van der Waals surface area contributed by atoms with E-state index in [1.807, 2.05) is 36.4 Å². The maximum atomic E-state index is 5.98. The van der Waals surface area contributed by atoms with E-state index < -0.39 is 0 Å². The highest BCUT2D eigenvalue weighted by molar-refractivity contribution is 6.31. The SMILES string of the molecule is Cc1cccc(C=NNc2ccnc3cc(Cl)ccc23)c1. The highest BCUT2D eigenvalue weighted by Crippen LogP contribution is 2.24. The molecule has 0 aliphatic heterocycles. The van der Waals surface area contributed by atoms with Gasteiger partial charge in [0.05, 0.1) is 17.4 Å². The van der Waals surface area contributed by atoms with E-state index in [0.29, 0.717) is 5.02 Å². The zero-order valence-electron chi connectivity index (χ0n) is 11.5. The molecule has 104 valence electrons. The van der Waals surface area contributed by atoms with Gasteiger partial charge in [-0.25, -0.2) is 0 Å². The molecule has 21 heavy (non-hydrogen) atoms. The molecule has 1 N–H and O–H groups in total. The van der Waals surface area contributed by atoms with Crippen molar-refractivity contribution in [2.24, 2.45) is 5.10 Å². The number of hydrogen-bond donors (Lipinski definition) is 1. The first-order valence-corrected chi connectivity index (χ1v) is 7.00. The summed E-state index contributed by atoms with van der Waals surface area (Å²) in [5, 5.41) is 5.96. The third-order valence-corrected chi connectivity index (χ3v) is 3.38. The molecule has 0 amide bonds. The Bertz CT molecular complexity index is 812.